The molecular formula is C25H30N4O5S. The van der Waals surface area contributed by atoms with E-state index in [1.165, 1.54) is 0 Å². The maximum atomic E-state index is 13.2. The van der Waals surface area contributed by atoms with Gasteiger partial charge in [0.05, 0.1) is 17.3 Å². The Bertz CT molecular complexity index is 1290. The van der Waals surface area contributed by atoms with Gasteiger partial charge in [0.1, 0.15) is 17.5 Å². The third-order valence-electron chi connectivity index (χ3n) is 6.17. The summed E-state index contributed by atoms with van der Waals surface area (Å²) in [6, 6.07) is 10.4. The number of amides is 1. The highest BCUT2D eigenvalue weighted by atomic mass is 32.2. The van der Waals surface area contributed by atoms with Crippen molar-refractivity contribution in [2.45, 2.75) is 56.3 Å². The predicted octanol–water partition coefficient (Wildman–Crippen LogP) is 2.50. The van der Waals surface area contributed by atoms with Gasteiger partial charge >= 0.3 is 0 Å². The minimum Gasteiger partial charge on any atom is -0.485 e. The molecule has 35 heavy (non-hydrogen) atoms. The lowest BCUT2D eigenvalue weighted by atomic mass is 9.86. The molecule has 1 amide bonds. The van der Waals surface area contributed by atoms with Crippen molar-refractivity contribution in [3.05, 3.63) is 77.4 Å². The molecule has 10 heteroatoms. The van der Waals surface area contributed by atoms with Gasteiger partial charge in [-0.25, -0.2) is 18.1 Å². The van der Waals surface area contributed by atoms with Gasteiger partial charge in [-0.15, -0.1) is 0 Å². The minimum absolute atomic E-state index is 0.0976. The molecule has 0 radical (unpaired) electrons. The summed E-state index contributed by atoms with van der Waals surface area (Å²) in [5, 5.41) is 13.9. The van der Waals surface area contributed by atoms with Crippen molar-refractivity contribution >= 4 is 15.9 Å². The lowest BCUT2D eigenvalue weighted by Crippen LogP contribution is -2.53. The number of aliphatic hydroxyl groups is 1. The Morgan fingerprint density at radius 2 is 1.94 bits per heavy atom. The van der Waals surface area contributed by atoms with Crippen molar-refractivity contribution in [2.75, 3.05) is 6.54 Å². The van der Waals surface area contributed by atoms with E-state index in [0.717, 1.165) is 17.7 Å². The number of aryl methyl sites for hydroxylation is 1. The Morgan fingerprint density at radius 1 is 1.20 bits per heavy atom. The normalized spacial score (nSPS) is 19.0. The fourth-order valence-electron chi connectivity index (χ4n) is 4.04. The third kappa shape index (κ3) is 5.39. The average Bonchev–Trinajstić information content (AvgIpc) is 3.35. The van der Waals surface area contributed by atoms with Gasteiger partial charge in [0, 0.05) is 36.0 Å². The first-order valence-corrected chi connectivity index (χ1v) is 13.0. The maximum Gasteiger partial charge on any atom is 0.251 e. The summed E-state index contributed by atoms with van der Waals surface area (Å²) in [6.07, 6.45) is 3.45. The Labute approximate surface area is 205 Å². The number of nitrogens with one attached hydrogen (secondary N) is 3. The molecule has 0 bridgehead atoms. The molecule has 4 N–H and O–H groups in total. The van der Waals surface area contributed by atoms with Gasteiger partial charge < -0.3 is 20.1 Å². The lowest BCUT2D eigenvalue weighted by molar-refractivity contribution is -0.0603. The van der Waals surface area contributed by atoms with Crippen LogP contribution < -0.4 is 14.8 Å². The van der Waals surface area contributed by atoms with E-state index in [2.05, 4.69) is 20.0 Å². The Kier molecular flexibility index (Phi) is 6.98. The number of aromatic amines is 1. The van der Waals surface area contributed by atoms with Gasteiger partial charge in [-0.2, -0.15) is 0 Å². The number of H-pyrrole nitrogens is 1. The number of carbonyl (C=O) groups is 1. The Balaban J connectivity index is 1.59. The first-order chi connectivity index (χ1) is 16.6. The number of sulfonamides is 1. The van der Waals surface area contributed by atoms with Gasteiger partial charge in [0.25, 0.3) is 5.91 Å². The number of aromatic nitrogens is 2. The van der Waals surface area contributed by atoms with E-state index < -0.39 is 27.8 Å². The number of carbonyl (C=O) groups excluding carboxylic acids is 1. The van der Waals surface area contributed by atoms with Crippen LogP contribution in [0.5, 0.6) is 5.75 Å². The van der Waals surface area contributed by atoms with Crippen molar-refractivity contribution in [3.63, 3.8) is 0 Å². The van der Waals surface area contributed by atoms with Crippen LogP contribution in [0.1, 0.15) is 54.0 Å². The number of aliphatic hydroxyl groups excluding tert-OH is 1. The zero-order chi connectivity index (χ0) is 25.2. The van der Waals surface area contributed by atoms with Crippen molar-refractivity contribution in [1.82, 2.24) is 20.0 Å². The van der Waals surface area contributed by atoms with Gasteiger partial charge in [0.15, 0.2) is 0 Å². The first-order valence-electron chi connectivity index (χ1n) is 11.5. The number of fused-ring (bicyclic) bond motifs is 1. The summed E-state index contributed by atoms with van der Waals surface area (Å²) < 4.78 is 35.0. The fourth-order valence-corrected chi connectivity index (χ4v) is 5.26. The van der Waals surface area contributed by atoms with Gasteiger partial charge in [-0.3, -0.25) is 4.79 Å². The second-order valence-corrected chi connectivity index (χ2v) is 10.8. The Morgan fingerprint density at radius 3 is 2.60 bits per heavy atom. The lowest BCUT2D eigenvalue weighted by Gasteiger charge is -2.42. The molecule has 4 rings (SSSR count). The zero-order valence-corrected chi connectivity index (χ0v) is 20.7. The quantitative estimate of drug-likeness (QED) is 0.377. The Hall–Kier alpha value is -3.21. The predicted molar refractivity (Wildman–Crippen MR) is 131 cm³/mol. The minimum atomic E-state index is -3.96. The van der Waals surface area contributed by atoms with E-state index in [1.807, 2.05) is 6.92 Å². The summed E-state index contributed by atoms with van der Waals surface area (Å²) in [4.78, 5) is 19.8. The topological polar surface area (TPSA) is 133 Å². The molecule has 9 nitrogen and oxygen atoms in total. The van der Waals surface area contributed by atoms with Crippen molar-refractivity contribution in [2.24, 2.45) is 0 Å². The number of hydrogen-bond acceptors (Lipinski definition) is 6. The summed E-state index contributed by atoms with van der Waals surface area (Å²) >= 11 is 0. The molecule has 2 atom stereocenters. The molecule has 3 aromatic rings. The number of hydrogen-bond donors (Lipinski definition) is 4. The standard InChI is InChI=1S/C25H30N4O5S/c1-4-16-5-8-19(9-6-16)35(32,33)29-22-20-13-17(7-10-21(20)34-25(2,3)23(22)30)24(31)27-12-11-18-14-26-15-28-18/h5-10,13-15,22-23,29-30H,4,11-12H2,1-3H3,(H,26,28)(H,27,31)/t22-,23+/m1/s1. The fraction of sp³-hybridized carbons (Fsp3) is 0.360. The monoisotopic (exact) mass is 498 g/mol. The van der Waals surface area contributed by atoms with Crippen molar-refractivity contribution in [3.8, 4) is 5.75 Å². The van der Waals surface area contributed by atoms with Gasteiger partial charge in [-0.05, 0) is 56.2 Å². The highest BCUT2D eigenvalue weighted by Crippen LogP contribution is 2.41. The molecule has 0 spiro atoms. The van der Waals surface area contributed by atoms with Crippen LogP contribution >= 0.6 is 0 Å². The first kappa shape index (κ1) is 24.9. The highest BCUT2D eigenvalue weighted by Gasteiger charge is 2.44. The highest BCUT2D eigenvalue weighted by molar-refractivity contribution is 7.89. The van der Waals surface area contributed by atoms with Crippen LogP contribution in [0.2, 0.25) is 0 Å². The molecule has 0 unspecified atom stereocenters. The molecule has 0 saturated heterocycles. The number of rotatable bonds is 8. The number of benzene rings is 2. The average molecular weight is 499 g/mol. The molecule has 0 saturated carbocycles. The third-order valence-corrected chi connectivity index (χ3v) is 7.62. The van der Waals surface area contributed by atoms with Crippen LogP contribution in [0.25, 0.3) is 0 Å². The summed E-state index contributed by atoms with van der Waals surface area (Å²) in [5.74, 6) is 0.0896. The van der Waals surface area contributed by atoms with E-state index in [1.54, 1.807) is 68.8 Å². The molecule has 0 aliphatic carbocycles. The largest absolute Gasteiger partial charge is 0.485 e. The summed E-state index contributed by atoms with van der Waals surface area (Å²) in [7, 11) is -3.96. The second-order valence-electron chi connectivity index (χ2n) is 9.08. The van der Waals surface area contributed by atoms with Gasteiger partial charge in [0.2, 0.25) is 10.0 Å². The van der Waals surface area contributed by atoms with Crippen molar-refractivity contribution < 1.29 is 23.1 Å². The molecule has 1 aliphatic rings. The van der Waals surface area contributed by atoms with Crippen LogP contribution in [-0.4, -0.2) is 47.6 Å². The smallest absolute Gasteiger partial charge is 0.251 e. The SMILES string of the molecule is CCc1ccc(S(=O)(=O)N[C@@H]2c3cc(C(=O)NCCc4cnc[nH]4)ccc3OC(C)(C)[C@H]2O)cc1. The maximum absolute atomic E-state index is 13.2. The van der Waals surface area contributed by atoms with Crippen LogP contribution in [0.3, 0.4) is 0 Å². The number of imidazole rings is 1. The summed E-state index contributed by atoms with van der Waals surface area (Å²) in [6.45, 7) is 5.76. The van der Waals surface area contributed by atoms with Crippen LogP contribution in [0.4, 0.5) is 0 Å². The van der Waals surface area contributed by atoms with Crippen LogP contribution in [0, 0.1) is 0 Å². The van der Waals surface area contributed by atoms with Crippen molar-refractivity contribution in [1.29, 1.82) is 0 Å². The molecule has 1 aliphatic heterocycles. The van der Waals surface area contributed by atoms with E-state index in [-0.39, 0.29) is 10.8 Å². The van der Waals surface area contributed by atoms with E-state index in [4.69, 9.17) is 4.74 Å². The number of ether oxygens (including phenoxy) is 1. The van der Waals surface area contributed by atoms with Gasteiger partial charge in [-0.1, -0.05) is 19.1 Å². The van der Waals surface area contributed by atoms with E-state index in [0.29, 0.717) is 29.8 Å². The molecule has 2 aromatic carbocycles. The number of nitrogens with zero attached hydrogens (tertiary/aromatic N) is 1. The molecule has 1 aromatic heterocycles. The molecular weight excluding hydrogens is 468 g/mol. The molecule has 2 heterocycles. The summed E-state index contributed by atoms with van der Waals surface area (Å²) in [5.41, 5.74) is 1.59. The second kappa shape index (κ2) is 9.80. The van der Waals surface area contributed by atoms with E-state index in [9.17, 15) is 18.3 Å². The molecule has 186 valence electrons. The van der Waals surface area contributed by atoms with Crippen LogP contribution in [-0.2, 0) is 22.9 Å². The zero-order valence-electron chi connectivity index (χ0n) is 19.9. The molecule has 0 fully saturated rings. The van der Waals surface area contributed by atoms with Crippen LogP contribution in [0.15, 0.2) is 59.9 Å². The van der Waals surface area contributed by atoms with E-state index >= 15 is 0 Å².